The fourth-order valence-electron chi connectivity index (χ4n) is 1.89. The zero-order chi connectivity index (χ0) is 15.2. The number of rotatable bonds is 5. The normalized spacial score (nSPS) is 12.0. The third-order valence-corrected chi connectivity index (χ3v) is 3.28. The Hall–Kier alpha value is -1.91. The van der Waals surface area contributed by atoms with Crippen molar-refractivity contribution in [1.82, 2.24) is 5.32 Å². The van der Waals surface area contributed by atoms with Crippen LogP contribution in [-0.4, -0.2) is 12.5 Å². The first-order chi connectivity index (χ1) is 10.0. The summed E-state index contributed by atoms with van der Waals surface area (Å²) in [6, 6.07) is 13.1. The van der Waals surface area contributed by atoms with E-state index in [0.717, 1.165) is 5.56 Å². The Labute approximate surface area is 128 Å². The number of benzene rings is 2. The highest BCUT2D eigenvalue weighted by Gasteiger charge is 2.08. The summed E-state index contributed by atoms with van der Waals surface area (Å²) in [5.41, 5.74) is 1.58. The average Bonchev–Trinajstić information content (AvgIpc) is 2.45. The maximum absolute atomic E-state index is 12.8. The van der Waals surface area contributed by atoms with Crippen LogP contribution in [0, 0.1) is 5.82 Å². The Morgan fingerprint density at radius 1 is 1.24 bits per heavy atom. The molecule has 0 aromatic heterocycles. The molecule has 1 amide bonds. The number of nitrogens with one attached hydrogen (secondary N) is 2. The van der Waals surface area contributed by atoms with E-state index in [1.165, 1.54) is 12.1 Å². The van der Waals surface area contributed by atoms with Crippen molar-refractivity contribution >= 4 is 23.2 Å². The van der Waals surface area contributed by atoms with E-state index in [1.807, 2.05) is 6.92 Å². The van der Waals surface area contributed by atoms with E-state index in [2.05, 4.69) is 10.6 Å². The Bertz CT molecular complexity index is 616. The maximum atomic E-state index is 12.8. The van der Waals surface area contributed by atoms with Crippen LogP contribution in [0.5, 0.6) is 0 Å². The predicted octanol–water partition coefficient (Wildman–Crippen LogP) is 3.77. The van der Waals surface area contributed by atoms with Crippen molar-refractivity contribution in [1.29, 1.82) is 0 Å². The molecule has 1 atom stereocenters. The number of amides is 1. The minimum absolute atomic E-state index is 0.0456. The maximum Gasteiger partial charge on any atom is 0.238 e. The SMILES string of the molecule is CC(NCC(=O)Nc1cccc(Cl)c1)c1ccc(F)cc1. The van der Waals surface area contributed by atoms with Gasteiger partial charge in [0.25, 0.3) is 0 Å². The van der Waals surface area contributed by atoms with Crippen LogP contribution in [0.2, 0.25) is 5.02 Å². The van der Waals surface area contributed by atoms with Gasteiger partial charge in [-0.2, -0.15) is 0 Å². The topological polar surface area (TPSA) is 41.1 Å². The van der Waals surface area contributed by atoms with E-state index in [1.54, 1.807) is 36.4 Å². The second-order valence-corrected chi connectivity index (χ2v) is 5.15. The molecular weight excluding hydrogens is 291 g/mol. The van der Waals surface area contributed by atoms with Crippen LogP contribution in [0.1, 0.15) is 18.5 Å². The molecule has 110 valence electrons. The molecule has 0 spiro atoms. The van der Waals surface area contributed by atoms with Gasteiger partial charge in [0, 0.05) is 16.8 Å². The third-order valence-electron chi connectivity index (χ3n) is 3.05. The fourth-order valence-corrected chi connectivity index (χ4v) is 2.08. The predicted molar refractivity (Wildman–Crippen MR) is 82.9 cm³/mol. The van der Waals surface area contributed by atoms with Gasteiger partial charge in [-0.05, 0) is 42.8 Å². The zero-order valence-electron chi connectivity index (χ0n) is 11.6. The summed E-state index contributed by atoms with van der Waals surface area (Å²) in [5.74, 6) is -0.434. The van der Waals surface area contributed by atoms with Crippen molar-refractivity contribution in [2.75, 3.05) is 11.9 Å². The van der Waals surface area contributed by atoms with E-state index >= 15 is 0 Å². The zero-order valence-corrected chi connectivity index (χ0v) is 12.3. The molecule has 2 aromatic carbocycles. The molecule has 0 radical (unpaired) electrons. The summed E-state index contributed by atoms with van der Waals surface area (Å²) < 4.78 is 12.8. The van der Waals surface area contributed by atoms with Crippen LogP contribution in [-0.2, 0) is 4.79 Å². The van der Waals surface area contributed by atoms with Crippen LogP contribution in [0.3, 0.4) is 0 Å². The summed E-state index contributed by atoms with van der Waals surface area (Å²) in [6.07, 6.45) is 0. The summed E-state index contributed by atoms with van der Waals surface area (Å²) in [4.78, 5) is 11.8. The number of hydrogen-bond donors (Lipinski definition) is 2. The minimum atomic E-state index is -0.273. The lowest BCUT2D eigenvalue weighted by molar-refractivity contribution is -0.115. The quantitative estimate of drug-likeness (QED) is 0.883. The molecule has 0 saturated heterocycles. The van der Waals surface area contributed by atoms with Crippen LogP contribution in [0.15, 0.2) is 48.5 Å². The van der Waals surface area contributed by atoms with Gasteiger partial charge in [-0.3, -0.25) is 4.79 Å². The van der Waals surface area contributed by atoms with Crippen molar-refractivity contribution in [2.45, 2.75) is 13.0 Å². The van der Waals surface area contributed by atoms with Gasteiger partial charge in [0.05, 0.1) is 6.54 Å². The van der Waals surface area contributed by atoms with Gasteiger partial charge in [0.1, 0.15) is 5.82 Å². The third kappa shape index (κ3) is 4.85. The molecule has 2 aromatic rings. The Balaban J connectivity index is 1.84. The van der Waals surface area contributed by atoms with E-state index in [0.29, 0.717) is 10.7 Å². The minimum Gasteiger partial charge on any atom is -0.325 e. The lowest BCUT2D eigenvalue weighted by Crippen LogP contribution is -2.30. The summed E-state index contributed by atoms with van der Waals surface area (Å²) in [6.45, 7) is 2.07. The van der Waals surface area contributed by atoms with Crippen LogP contribution in [0.4, 0.5) is 10.1 Å². The standard InChI is InChI=1S/C16H16ClFN2O/c1-11(12-5-7-14(18)8-6-12)19-10-16(21)20-15-4-2-3-13(17)9-15/h2-9,11,19H,10H2,1H3,(H,20,21). The van der Waals surface area contributed by atoms with Crippen molar-refractivity contribution < 1.29 is 9.18 Å². The van der Waals surface area contributed by atoms with Gasteiger partial charge in [-0.25, -0.2) is 4.39 Å². The fraction of sp³-hybridized carbons (Fsp3) is 0.188. The molecule has 0 bridgehead atoms. The molecule has 0 saturated carbocycles. The first-order valence-electron chi connectivity index (χ1n) is 6.59. The van der Waals surface area contributed by atoms with Gasteiger partial charge >= 0.3 is 0 Å². The highest BCUT2D eigenvalue weighted by Crippen LogP contribution is 2.15. The molecule has 1 unspecified atom stereocenters. The molecule has 2 N–H and O–H groups in total. The molecule has 0 aliphatic heterocycles. The van der Waals surface area contributed by atoms with Crippen LogP contribution < -0.4 is 10.6 Å². The molecule has 0 aliphatic carbocycles. The molecule has 21 heavy (non-hydrogen) atoms. The van der Waals surface area contributed by atoms with Gasteiger partial charge in [-0.15, -0.1) is 0 Å². The van der Waals surface area contributed by atoms with Crippen molar-refractivity contribution in [3.8, 4) is 0 Å². The van der Waals surface area contributed by atoms with E-state index in [9.17, 15) is 9.18 Å². The first-order valence-corrected chi connectivity index (χ1v) is 6.96. The highest BCUT2D eigenvalue weighted by atomic mass is 35.5. The van der Waals surface area contributed by atoms with E-state index < -0.39 is 0 Å². The smallest absolute Gasteiger partial charge is 0.238 e. The van der Waals surface area contributed by atoms with Gasteiger partial charge in [-0.1, -0.05) is 29.8 Å². The van der Waals surface area contributed by atoms with Gasteiger partial charge in [0.2, 0.25) is 5.91 Å². The Morgan fingerprint density at radius 3 is 2.62 bits per heavy atom. The number of anilines is 1. The number of carbonyl (C=O) groups excluding carboxylic acids is 1. The molecule has 0 fully saturated rings. The van der Waals surface area contributed by atoms with Crippen molar-refractivity contribution in [2.24, 2.45) is 0 Å². The van der Waals surface area contributed by atoms with Gasteiger partial charge in [0.15, 0.2) is 0 Å². The average molecular weight is 307 g/mol. The lowest BCUT2D eigenvalue weighted by atomic mass is 10.1. The molecule has 2 rings (SSSR count). The summed E-state index contributed by atoms with van der Waals surface area (Å²) >= 11 is 5.85. The lowest BCUT2D eigenvalue weighted by Gasteiger charge is -2.14. The van der Waals surface area contributed by atoms with Crippen molar-refractivity contribution in [3.63, 3.8) is 0 Å². The number of hydrogen-bond acceptors (Lipinski definition) is 2. The monoisotopic (exact) mass is 306 g/mol. The van der Waals surface area contributed by atoms with Crippen LogP contribution in [0.25, 0.3) is 0 Å². The largest absolute Gasteiger partial charge is 0.325 e. The van der Waals surface area contributed by atoms with Crippen LogP contribution >= 0.6 is 11.6 Å². The molecule has 5 heteroatoms. The second kappa shape index (κ2) is 7.20. The number of halogens is 2. The molecule has 0 heterocycles. The summed E-state index contributed by atoms with van der Waals surface area (Å²) in [7, 11) is 0. The number of carbonyl (C=O) groups is 1. The van der Waals surface area contributed by atoms with Crippen molar-refractivity contribution in [3.05, 3.63) is 64.9 Å². The van der Waals surface area contributed by atoms with E-state index in [-0.39, 0.29) is 24.3 Å². The van der Waals surface area contributed by atoms with Gasteiger partial charge < -0.3 is 10.6 Å². The summed E-state index contributed by atoms with van der Waals surface area (Å²) in [5, 5.41) is 6.41. The first kappa shape index (κ1) is 15.5. The Kier molecular flexibility index (Phi) is 5.31. The Morgan fingerprint density at radius 2 is 1.95 bits per heavy atom. The van der Waals surface area contributed by atoms with E-state index in [4.69, 9.17) is 11.6 Å². The molecule has 3 nitrogen and oxygen atoms in total. The molecular formula is C16H16ClFN2O. The second-order valence-electron chi connectivity index (χ2n) is 4.71. The molecule has 0 aliphatic rings. The highest BCUT2D eigenvalue weighted by molar-refractivity contribution is 6.30.